The summed E-state index contributed by atoms with van der Waals surface area (Å²) >= 11 is 4.75. The lowest BCUT2D eigenvalue weighted by atomic mass is 10.2. The van der Waals surface area contributed by atoms with Crippen LogP contribution in [0.15, 0.2) is 27.2 Å². The summed E-state index contributed by atoms with van der Waals surface area (Å²) in [5.74, 6) is 0. The van der Waals surface area contributed by atoms with Crippen molar-refractivity contribution in [3.8, 4) is 0 Å². The van der Waals surface area contributed by atoms with Crippen LogP contribution in [0.2, 0.25) is 0 Å². The summed E-state index contributed by atoms with van der Waals surface area (Å²) < 4.78 is 0.760. The summed E-state index contributed by atoms with van der Waals surface area (Å²) in [5, 5.41) is 1.55. The third kappa shape index (κ3) is 3.01. The molecule has 0 saturated carbocycles. The number of aryl methyl sites for hydroxylation is 2. The standard InChI is InChI=1S/C11H11BrN4S/c1-6-7(2)15-11(16-8(6)3)17-10-4-9(12)13-5-14-10/h4-5H,1-3H3. The molecule has 2 aromatic heterocycles. The monoisotopic (exact) mass is 310 g/mol. The Balaban J connectivity index is 2.31. The highest BCUT2D eigenvalue weighted by molar-refractivity contribution is 9.10. The zero-order valence-corrected chi connectivity index (χ0v) is 12.1. The molecule has 2 aromatic rings. The Hall–Kier alpha value is -1.01. The van der Waals surface area contributed by atoms with Gasteiger partial charge in [0.15, 0.2) is 5.16 Å². The predicted octanol–water partition coefficient (Wildman–Crippen LogP) is 3.11. The zero-order chi connectivity index (χ0) is 12.4. The van der Waals surface area contributed by atoms with Gasteiger partial charge >= 0.3 is 0 Å². The highest BCUT2D eigenvalue weighted by Crippen LogP contribution is 2.25. The average Bonchev–Trinajstić information content (AvgIpc) is 2.26. The molecule has 88 valence electrons. The van der Waals surface area contributed by atoms with E-state index in [1.807, 2.05) is 26.8 Å². The van der Waals surface area contributed by atoms with Gasteiger partial charge in [-0.1, -0.05) is 0 Å². The molecule has 0 aromatic carbocycles. The lowest BCUT2D eigenvalue weighted by Crippen LogP contribution is -1.98. The summed E-state index contributed by atoms with van der Waals surface area (Å²) in [7, 11) is 0. The van der Waals surface area contributed by atoms with Gasteiger partial charge in [0.25, 0.3) is 0 Å². The molecule has 0 aliphatic rings. The van der Waals surface area contributed by atoms with Crippen molar-refractivity contribution in [1.82, 2.24) is 19.9 Å². The van der Waals surface area contributed by atoms with Gasteiger partial charge in [0.1, 0.15) is 16.0 Å². The largest absolute Gasteiger partial charge is 0.229 e. The molecule has 0 unspecified atom stereocenters. The second kappa shape index (κ2) is 5.10. The topological polar surface area (TPSA) is 51.6 Å². The van der Waals surface area contributed by atoms with Crippen LogP contribution >= 0.6 is 27.7 Å². The lowest BCUT2D eigenvalue weighted by molar-refractivity contribution is 0.877. The van der Waals surface area contributed by atoms with Gasteiger partial charge in [0.05, 0.1) is 0 Å². The maximum atomic E-state index is 4.43. The minimum absolute atomic E-state index is 0.719. The fourth-order valence-corrected chi connectivity index (χ4v) is 2.54. The van der Waals surface area contributed by atoms with Crippen LogP contribution in [0.3, 0.4) is 0 Å². The maximum Gasteiger partial charge on any atom is 0.194 e. The highest BCUT2D eigenvalue weighted by atomic mass is 79.9. The molecule has 0 spiro atoms. The summed E-state index contributed by atoms with van der Waals surface area (Å²) in [6, 6.07) is 1.85. The number of hydrogen-bond donors (Lipinski definition) is 0. The Morgan fingerprint density at radius 3 is 2.29 bits per heavy atom. The van der Waals surface area contributed by atoms with E-state index in [1.165, 1.54) is 18.1 Å². The van der Waals surface area contributed by atoms with Crippen molar-refractivity contribution in [3.63, 3.8) is 0 Å². The molecule has 0 N–H and O–H groups in total. The first kappa shape index (κ1) is 12.4. The quantitative estimate of drug-likeness (QED) is 0.630. The fraction of sp³-hybridized carbons (Fsp3) is 0.273. The molecular weight excluding hydrogens is 300 g/mol. The third-order valence-corrected chi connectivity index (χ3v) is 3.65. The van der Waals surface area contributed by atoms with Gasteiger partial charge in [-0.25, -0.2) is 19.9 Å². The van der Waals surface area contributed by atoms with Crippen LogP contribution in [-0.4, -0.2) is 19.9 Å². The van der Waals surface area contributed by atoms with Crippen LogP contribution in [0.25, 0.3) is 0 Å². The van der Waals surface area contributed by atoms with Crippen molar-refractivity contribution in [3.05, 3.63) is 33.9 Å². The van der Waals surface area contributed by atoms with Crippen LogP contribution < -0.4 is 0 Å². The summed E-state index contributed by atoms with van der Waals surface area (Å²) in [5.41, 5.74) is 3.15. The fourth-order valence-electron chi connectivity index (χ4n) is 1.25. The SMILES string of the molecule is Cc1nc(Sc2cc(Br)ncn2)nc(C)c1C. The first-order chi connectivity index (χ1) is 8.06. The third-order valence-electron chi connectivity index (χ3n) is 2.42. The molecule has 17 heavy (non-hydrogen) atoms. The van der Waals surface area contributed by atoms with Crippen molar-refractivity contribution in [2.45, 2.75) is 31.0 Å². The predicted molar refractivity (Wildman–Crippen MR) is 70.1 cm³/mol. The molecule has 2 heterocycles. The molecule has 6 heteroatoms. The van der Waals surface area contributed by atoms with Gasteiger partial charge in [0.2, 0.25) is 0 Å². The number of hydrogen-bond acceptors (Lipinski definition) is 5. The second-order valence-electron chi connectivity index (χ2n) is 3.58. The van der Waals surface area contributed by atoms with E-state index in [1.54, 1.807) is 0 Å². The second-order valence-corrected chi connectivity index (χ2v) is 5.38. The molecular formula is C11H11BrN4S. The van der Waals surface area contributed by atoms with Crippen molar-refractivity contribution in [1.29, 1.82) is 0 Å². The van der Waals surface area contributed by atoms with Gasteiger partial charge in [-0.3, -0.25) is 0 Å². The molecule has 0 atom stereocenters. The first-order valence-electron chi connectivity index (χ1n) is 5.03. The van der Waals surface area contributed by atoms with E-state index in [0.717, 1.165) is 31.7 Å². The van der Waals surface area contributed by atoms with Gasteiger partial charge in [-0.15, -0.1) is 0 Å². The van der Waals surface area contributed by atoms with Crippen LogP contribution in [0, 0.1) is 20.8 Å². The van der Waals surface area contributed by atoms with E-state index in [4.69, 9.17) is 0 Å². The molecule has 0 aliphatic heterocycles. The highest BCUT2D eigenvalue weighted by Gasteiger charge is 2.07. The van der Waals surface area contributed by atoms with Crippen molar-refractivity contribution >= 4 is 27.7 Å². The van der Waals surface area contributed by atoms with E-state index in [9.17, 15) is 0 Å². The van der Waals surface area contributed by atoms with Gasteiger partial charge in [-0.05, 0) is 54.0 Å². The summed E-state index contributed by atoms with van der Waals surface area (Å²) in [6.45, 7) is 6.01. The Labute approximate surface area is 112 Å². The van der Waals surface area contributed by atoms with Crippen molar-refractivity contribution < 1.29 is 0 Å². The zero-order valence-electron chi connectivity index (χ0n) is 9.73. The lowest BCUT2D eigenvalue weighted by Gasteiger charge is -2.06. The van der Waals surface area contributed by atoms with E-state index < -0.39 is 0 Å². The number of aromatic nitrogens is 4. The van der Waals surface area contributed by atoms with E-state index in [2.05, 4.69) is 35.9 Å². The summed E-state index contributed by atoms with van der Waals surface area (Å²) in [6.07, 6.45) is 1.51. The van der Waals surface area contributed by atoms with Gasteiger partial charge < -0.3 is 0 Å². The van der Waals surface area contributed by atoms with E-state index in [0.29, 0.717) is 0 Å². The molecule has 0 saturated heterocycles. The van der Waals surface area contributed by atoms with Crippen LogP contribution in [0.4, 0.5) is 0 Å². The van der Waals surface area contributed by atoms with Crippen LogP contribution in [-0.2, 0) is 0 Å². The minimum atomic E-state index is 0.719. The first-order valence-corrected chi connectivity index (χ1v) is 6.64. The Kier molecular flexibility index (Phi) is 3.73. The molecule has 0 amide bonds. The molecule has 0 aliphatic carbocycles. The van der Waals surface area contributed by atoms with Crippen LogP contribution in [0.5, 0.6) is 0 Å². The molecule has 2 rings (SSSR count). The number of nitrogens with zero attached hydrogens (tertiary/aromatic N) is 4. The molecule has 0 radical (unpaired) electrons. The average molecular weight is 311 g/mol. The smallest absolute Gasteiger partial charge is 0.194 e. The summed E-state index contributed by atoms with van der Waals surface area (Å²) in [4.78, 5) is 17.0. The van der Waals surface area contributed by atoms with E-state index >= 15 is 0 Å². The van der Waals surface area contributed by atoms with Crippen LogP contribution in [0.1, 0.15) is 17.0 Å². The molecule has 4 nitrogen and oxygen atoms in total. The van der Waals surface area contributed by atoms with E-state index in [-0.39, 0.29) is 0 Å². The van der Waals surface area contributed by atoms with Gasteiger partial charge in [0, 0.05) is 17.5 Å². The van der Waals surface area contributed by atoms with Crippen molar-refractivity contribution in [2.75, 3.05) is 0 Å². The Morgan fingerprint density at radius 2 is 1.71 bits per heavy atom. The Morgan fingerprint density at radius 1 is 1.06 bits per heavy atom. The number of halogens is 1. The minimum Gasteiger partial charge on any atom is -0.229 e. The Bertz CT molecular complexity index is 536. The van der Waals surface area contributed by atoms with Crippen molar-refractivity contribution in [2.24, 2.45) is 0 Å². The number of rotatable bonds is 2. The molecule has 0 bridgehead atoms. The normalized spacial score (nSPS) is 10.6. The maximum absolute atomic E-state index is 4.43. The van der Waals surface area contributed by atoms with Gasteiger partial charge in [-0.2, -0.15) is 0 Å². The molecule has 0 fully saturated rings.